The second-order valence-electron chi connectivity index (χ2n) is 7.28. The number of benzene rings is 1. The number of allylic oxidation sites excluding steroid dienone is 2. The molecule has 1 aliphatic heterocycles. The molecule has 0 saturated heterocycles. The first-order chi connectivity index (χ1) is 11.3. The Hall–Kier alpha value is -2.61. The van der Waals surface area contributed by atoms with E-state index >= 15 is 0 Å². The molecule has 1 heterocycles. The maximum atomic E-state index is 12.6. The fourth-order valence-corrected chi connectivity index (χ4v) is 3.43. The third-order valence-corrected chi connectivity index (χ3v) is 4.57. The van der Waals surface area contributed by atoms with E-state index in [0.717, 1.165) is 34.8 Å². The van der Waals surface area contributed by atoms with Gasteiger partial charge < -0.3 is 5.32 Å². The molecule has 1 aromatic rings. The molecule has 5 nitrogen and oxygen atoms in total. The smallest absolute Gasteiger partial charge is 0.161 e. The van der Waals surface area contributed by atoms with Crippen LogP contribution in [0.4, 0.5) is 11.4 Å². The third-order valence-electron chi connectivity index (χ3n) is 4.57. The number of anilines is 2. The van der Waals surface area contributed by atoms with Crippen molar-refractivity contribution in [1.29, 1.82) is 5.26 Å². The van der Waals surface area contributed by atoms with Gasteiger partial charge in [0.25, 0.3) is 0 Å². The molecule has 0 unspecified atom stereocenters. The number of ketones is 1. The van der Waals surface area contributed by atoms with Crippen LogP contribution in [0.2, 0.25) is 0 Å². The fraction of sp³-hybridized carbons (Fsp3) is 0.421. The molecule has 2 aliphatic rings. The average molecular weight is 322 g/mol. The van der Waals surface area contributed by atoms with Crippen molar-refractivity contribution >= 4 is 22.9 Å². The summed E-state index contributed by atoms with van der Waals surface area (Å²) in [6, 6.07) is 7.77. The highest BCUT2D eigenvalue weighted by molar-refractivity contribution is 6.05. The summed E-state index contributed by atoms with van der Waals surface area (Å²) in [5.74, 6) is 0.225. The number of carbonyl (C=O) groups is 1. The lowest BCUT2D eigenvalue weighted by atomic mass is 9.74. The van der Waals surface area contributed by atoms with E-state index in [2.05, 4.69) is 25.2 Å². The molecule has 5 heteroatoms. The Kier molecular flexibility index (Phi) is 3.92. The van der Waals surface area contributed by atoms with Gasteiger partial charge in [-0.1, -0.05) is 13.8 Å². The summed E-state index contributed by atoms with van der Waals surface area (Å²) in [6.45, 7) is 6.19. The Bertz CT molecular complexity index is 811. The molecule has 0 fully saturated rings. The van der Waals surface area contributed by atoms with E-state index < -0.39 is 0 Å². The van der Waals surface area contributed by atoms with Crippen LogP contribution in [0.5, 0.6) is 0 Å². The zero-order chi connectivity index (χ0) is 17.5. The van der Waals surface area contributed by atoms with Crippen LogP contribution in [-0.2, 0) is 4.79 Å². The summed E-state index contributed by atoms with van der Waals surface area (Å²) in [4.78, 5) is 12.6. The van der Waals surface area contributed by atoms with Crippen LogP contribution < -0.4 is 10.3 Å². The number of nitriles is 1. The standard InChI is InChI=1S/C19H22N4O/c1-12-7-15-17(9-19(2,3)10-18(15)24)23(22-12)14-6-5-13(11-20)16(8-14)21-4/h5-6,8,21H,7,9-10H2,1-4H3. The lowest BCUT2D eigenvalue weighted by Gasteiger charge is -2.38. The highest BCUT2D eigenvalue weighted by Gasteiger charge is 2.37. The Labute approximate surface area is 142 Å². The quantitative estimate of drug-likeness (QED) is 0.898. The minimum absolute atomic E-state index is 0.0621. The van der Waals surface area contributed by atoms with Crippen molar-refractivity contribution in [3.8, 4) is 6.07 Å². The second kappa shape index (κ2) is 5.79. The van der Waals surface area contributed by atoms with Gasteiger partial charge in [-0.15, -0.1) is 0 Å². The van der Waals surface area contributed by atoms with Crippen molar-refractivity contribution in [3.63, 3.8) is 0 Å². The van der Waals surface area contributed by atoms with Gasteiger partial charge in [0.05, 0.1) is 22.6 Å². The number of hydrogen-bond acceptors (Lipinski definition) is 5. The lowest BCUT2D eigenvalue weighted by Crippen LogP contribution is -2.35. The zero-order valence-electron chi connectivity index (χ0n) is 14.6. The summed E-state index contributed by atoms with van der Waals surface area (Å²) in [5.41, 5.74) is 4.97. The van der Waals surface area contributed by atoms with Crippen LogP contribution in [0.25, 0.3) is 0 Å². The topological polar surface area (TPSA) is 68.5 Å². The summed E-state index contributed by atoms with van der Waals surface area (Å²) in [6.07, 6.45) is 2.04. The van der Waals surface area contributed by atoms with Crippen molar-refractivity contribution in [2.24, 2.45) is 10.5 Å². The van der Waals surface area contributed by atoms with Gasteiger partial charge in [-0.2, -0.15) is 10.4 Å². The molecule has 1 aliphatic carbocycles. The molecule has 0 amide bonds. The summed E-state index contributed by atoms with van der Waals surface area (Å²) >= 11 is 0. The van der Waals surface area contributed by atoms with E-state index in [-0.39, 0.29) is 11.2 Å². The number of nitrogens with zero attached hydrogens (tertiary/aromatic N) is 3. The summed E-state index contributed by atoms with van der Waals surface area (Å²) in [7, 11) is 1.79. The highest BCUT2D eigenvalue weighted by Crippen LogP contribution is 2.43. The number of carbonyl (C=O) groups excluding carboxylic acids is 1. The minimum atomic E-state index is -0.0621. The molecular formula is C19H22N4O. The first-order valence-corrected chi connectivity index (χ1v) is 8.16. The third kappa shape index (κ3) is 2.80. The SMILES string of the molecule is CNc1cc(N2N=C(C)CC3=C2CC(C)(C)CC3=O)ccc1C#N. The van der Waals surface area contributed by atoms with E-state index in [0.29, 0.717) is 18.4 Å². The number of hydrazone groups is 1. The highest BCUT2D eigenvalue weighted by atomic mass is 16.1. The zero-order valence-corrected chi connectivity index (χ0v) is 14.6. The average Bonchev–Trinajstić information content (AvgIpc) is 2.53. The second-order valence-corrected chi connectivity index (χ2v) is 7.28. The van der Waals surface area contributed by atoms with Gasteiger partial charge in [-0.3, -0.25) is 4.79 Å². The Morgan fingerprint density at radius 1 is 1.33 bits per heavy atom. The van der Waals surface area contributed by atoms with Crippen LogP contribution in [-0.4, -0.2) is 18.5 Å². The normalized spacial score (nSPS) is 19.5. The maximum Gasteiger partial charge on any atom is 0.161 e. The van der Waals surface area contributed by atoms with E-state index in [1.54, 1.807) is 13.1 Å². The van der Waals surface area contributed by atoms with Gasteiger partial charge in [-0.25, -0.2) is 5.01 Å². The number of rotatable bonds is 2. The van der Waals surface area contributed by atoms with Gasteiger partial charge in [0.15, 0.2) is 5.78 Å². The fourth-order valence-electron chi connectivity index (χ4n) is 3.43. The molecule has 0 aromatic heterocycles. The predicted molar refractivity (Wildman–Crippen MR) is 96.0 cm³/mol. The van der Waals surface area contributed by atoms with Gasteiger partial charge in [-0.05, 0) is 37.0 Å². The lowest BCUT2D eigenvalue weighted by molar-refractivity contribution is -0.118. The molecule has 0 spiro atoms. The molecule has 0 saturated carbocycles. The van der Waals surface area contributed by atoms with E-state index in [4.69, 9.17) is 5.10 Å². The number of hydrogen-bond donors (Lipinski definition) is 1. The number of nitrogens with one attached hydrogen (secondary N) is 1. The van der Waals surface area contributed by atoms with Gasteiger partial charge >= 0.3 is 0 Å². The van der Waals surface area contributed by atoms with Crippen molar-refractivity contribution < 1.29 is 4.79 Å². The van der Waals surface area contributed by atoms with Crippen molar-refractivity contribution in [2.75, 3.05) is 17.4 Å². The van der Waals surface area contributed by atoms with Gasteiger partial charge in [0, 0.05) is 31.2 Å². The first kappa shape index (κ1) is 16.3. The molecule has 0 bridgehead atoms. The molecule has 0 radical (unpaired) electrons. The molecule has 1 aromatic carbocycles. The van der Waals surface area contributed by atoms with E-state index in [1.807, 2.05) is 24.1 Å². The van der Waals surface area contributed by atoms with Crippen molar-refractivity contribution in [2.45, 2.75) is 40.0 Å². The predicted octanol–water partition coefficient (Wildman–Crippen LogP) is 3.83. The molecule has 3 rings (SSSR count). The minimum Gasteiger partial charge on any atom is -0.387 e. The van der Waals surface area contributed by atoms with Crippen molar-refractivity contribution in [3.05, 3.63) is 35.0 Å². The van der Waals surface area contributed by atoms with Crippen LogP contribution in [0, 0.1) is 16.7 Å². The van der Waals surface area contributed by atoms with Crippen molar-refractivity contribution in [1.82, 2.24) is 0 Å². The van der Waals surface area contributed by atoms with E-state index in [9.17, 15) is 10.1 Å². The van der Waals surface area contributed by atoms with Crippen LogP contribution >= 0.6 is 0 Å². The largest absolute Gasteiger partial charge is 0.387 e. The van der Waals surface area contributed by atoms with Gasteiger partial charge in [0.1, 0.15) is 6.07 Å². The van der Waals surface area contributed by atoms with Gasteiger partial charge in [0.2, 0.25) is 0 Å². The molecule has 0 atom stereocenters. The Balaban J connectivity index is 2.10. The molecule has 124 valence electrons. The Morgan fingerprint density at radius 2 is 2.08 bits per heavy atom. The monoisotopic (exact) mass is 322 g/mol. The molecule has 24 heavy (non-hydrogen) atoms. The molecule has 1 N–H and O–H groups in total. The summed E-state index contributed by atoms with van der Waals surface area (Å²) < 4.78 is 0. The Morgan fingerprint density at radius 3 is 2.75 bits per heavy atom. The van der Waals surface area contributed by atoms with Crippen LogP contribution in [0.3, 0.4) is 0 Å². The van der Waals surface area contributed by atoms with Crippen LogP contribution in [0.15, 0.2) is 34.6 Å². The summed E-state index contributed by atoms with van der Waals surface area (Å²) in [5, 5.41) is 18.8. The van der Waals surface area contributed by atoms with Crippen LogP contribution in [0.1, 0.15) is 45.6 Å². The maximum absolute atomic E-state index is 12.6. The van der Waals surface area contributed by atoms with E-state index in [1.165, 1.54) is 0 Å². The molecular weight excluding hydrogens is 300 g/mol. The first-order valence-electron chi connectivity index (χ1n) is 8.16. The number of Topliss-reactive ketones (excluding diaryl/α,β-unsaturated/α-hetero) is 1.